The van der Waals surface area contributed by atoms with Crippen LogP contribution in [-0.4, -0.2) is 15.3 Å². The number of fused-ring (bicyclic) bond motifs is 1. The number of carbonyl (C=O) groups excluding carboxylic acids is 1. The van der Waals surface area contributed by atoms with Gasteiger partial charge in [-0.15, -0.1) is 11.3 Å². The summed E-state index contributed by atoms with van der Waals surface area (Å²) in [6.45, 7) is 4.33. The number of aromatic nitrogens is 2. The first-order valence-electron chi connectivity index (χ1n) is 4.85. The topological polar surface area (TPSA) is 46.4 Å². The van der Waals surface area contributed by atoms with Gasteiger partial charge in [-0.25, -0.2) is 4.98 Å². The highest BCUT2D eigenvalue weighted by atomic mass is 32.1. The van der Waals surface area contributed by atoms with Crippen LogP contribution >= 0.6 is 11.3 Å². The van der Waals surface area contributed by atoms with Crippen LogP contribution in [0.2, 0.25) is 0 Å². The van der Waals surface area contributed by atoms with Crippen molar-refractivity contribution in [2.75, 3.05) is 0 Å². The molecule has 80 valence electrons. The number of thiazole rings is 1. The Hall–Kier alpha value is -1.36. The zero-order valence-corrected chi connectivity index (χ0v) is 9.54. The van der Waals surface area contributed by atoms with Crippen LogP contribution in [0.15, 0.2) is 17.8 Å². The average Bonchev–Trinajstić information content (AvgIpc) is 2.76. The highest BCUT2D eigenvalue weighted by molar-refractivity contribution is 7.15. The van der Waals surface area contributed by atoms with Crippen molar-refractivity contribution in [3.8, 4) is 0 Å². The van der Waals surface area contributed by atoms with E-state index in [1.54, 1.807) is 17.5 Å². The van der Waals surface area contributed by atoms with Crippen molar-refractivity contribution in [1.29, 1.82) is 0 Å². The summed E-state index contributed by atoms with van der Waals surface area (Å²) in [6, 6.07) is 0. The van der Waals surface area contributed by atoms with E-state index in [4.69, 9.17) is 0 Å². The maximum Gasteiger partial charge on any atom is 0.222 e. The van der Waals surface area contributed by atoms with E-state index in [1.165, 1.54) is 0 Å². The molecule has 0 aliphatic carbocycles. The first-order chi connectivity index (χ1) is 7.18. The number of imidazole rings is 1. The molecule has 0 unspecified atom stereocenters. The average molecular weight is 223 g/mol. The summed E-state index contributed by atoms with van der Waals surface area (Å²) in [7, 11) is 0. The number of rotatable bonds is 3. The lowest BCUT2D eigenvalue weighted by Gasteiger charge is -2.06. The van der Waals surface area contributed by atoms with Crippen LogP contribution < -0.4 is 5.32 Å². The minimum atomic E-state index is 0.0295. The van der Waals surface area contributed by atoms with Crippen molar-refractivity contribution in [3.63, 3.8) is 0 Å². The largest absolute Gasteiger partial charge is 0.350 e. The van der Waals surface area contributed by atoms with Gasteiger partial charge in [0, 0.05) is 23.7 Å². The van der Waals surface area contributed by atoms with Crippen molar-refractivity contribution in [2.45, 2.75) is 20.4 Å². The van der Waals surface area contributed by atoms with Crippen LogP contribution in [0.3, 0.4) is 0 Å². The summed E-state index contributed by atoms with van der Waals surface area (Å²) in [5.41, 5.74) is 1.07. The van der Waals surface area contributed by atoms with Crippen molar-refractivity contribution in [2.24, 2.45) is 5.92 Å². The lowest BCUT2D eigenvalue weighted by Crippen LogP contribution is -2.27. The van der Waals surface area contributed by atoms with Gasteiger partial charge in [-0.1, -0.05) is 13.8 Å². The molecule has 0 aromatic carbocycles. The normalized spacial score (nSPS) is 11.1. The Labute approximate surface area is 91.9 Å². The molecule has 2 aromatic rings. The second kappa shape index (κ2) is 4.02. The molecule has 0 bridgehead atoms. The van der Waals surface area contributed by atoms with E-state index in [-0.39, 0.29) is 11.8 Å². The molecule has 0 aliphatic rings. The Morgan fingerprint density at radius 2 is 2.47 bits per heavy atom. The van der Waals surface area contributed by atoms with Gasteiger partial charge >= 0.3 is 0 Å². The van der Waals surface area contributed by atoms with E-state index < -0.39 is 0 Å². The van der Waals surface area contributed by atoms with E-state index in [2.05, 4.69) is 10.3 Å². The molecule has 0 spiro atoms. The van der Waals surface area contributed by atoms with Crippen LogP contribution in [0.4, 0.5) is 0 Å². The third kappa shape index (κ3) is 2.02. The molecule has 2 heterocycles. The molecule has 0 atom stereocenters. The van der Waals surface area contributed by atoms with E-state index in [1.807, 2.05) is 29.8 Å². The van der Waals surface area contributed by atoms with Gasteiger partial charge < -0.3 is 5.32 Å². The number of carbonyl (C=O) groups is 1. The van der Waals surface area contributed by atoms with Crippen LogP contribution in [0.5, 0.6) is 0 Å². The van der Waals surface area contributed by atoms with E-state index in [9.17, 15) is 4.79 Å². The molecular formula is C10H13N3OS. The first kappa shape index (κ1) is 10.2. The maximum atomic E-state index is 11.4. The number of hydrogen-bond donors (Lipinski definition) is 1. The molecule has 0 fully saturated rings. The van der Waals surface area contributed by atoms with Crippen LogP contribution in [0.1, 0.15) is 19.5 Å². The highest BCUT2D eigenvalue weighted by Crippen LogP contribution is 2.14. The summed E-state index contributed by atoms with van der Waals surface area (Å²) < 4.78 is 1.99. The minimum Gasteiger partial charge on any atom is -0.350 e. The standard InChI is InChI=1S/C10H13N3OS/c1-7(2)9(14)12-5-8-6-15-10-11-3-4-13(8)10/h3-4,6-7H,5H2,1-2H3,(H,12,14). The molecule has 0 saturated heterocycles. The molecule has 15 heavy (non-hydrogen) atoms. The predicted octanol–water partition coefficient (Wildman–Crippen LogP) is 1.67. The van der Waals surface area contributed by atoms with Gasteiger partial charge in [0.25, 0.3) is 0 Å². The second-order valence-electron chi connectivity index (χ2n) is 3.68. The SMILES string of the molecule is CC(C)C(=O)NCc1csc2nccn12. The second-order valence-corrected chi connectivity index (χ2v) is 4.52. The Morgan fingerprint density at radius 3 is 3.20 bits per heavy atom. The summed E-state index contributed by atoms with van der Waals surface area (Å²) in [5, 5.41) is 4.90. The van der Waals surface area contributed by atoms with Gasteiger partial charge in [0.1, 0.15) is 0 Å². The summed E-state index contributed by atoms with van der Waals surface area (Å²) in [4.78, 5) is 16.5. The van der Waals surface area contributed by atoms with Crippen molar-refractivity contribution < 1.29 is 4.79 Å². The fraction of sp³-hybridized carbons (Fsp3) is 0.400. The molecule has 2 aromatic heterocycles. The number of nitrogens with one attached hydrogen (secondary N) is 1. The van der Waals surface area contributed by atoms with Crippen molar-refractivity contribution >= 4 is 22.2 Å². The van der Waals surface area contributed by atoms with Gasteiger partial charge in [-0.05, 0) is 0 Å². The molecule has 0 aliphatic heterocycles. The molecule has 4 nitrogen and oxygen atoms in total. The van der Waals surface area contributed by atoms with Gasteiger partial charge in [-0.2, -0.15) is 0 Å². The fourth-order valence-corrected chi connectivity index (χ4v) is 2.13. The Morgan fingerprint density at radius 1 is 1.67 bits per heavy atom. The molecule has 2 rings (SSSR count). The van der Waals surface area contributed by atoms with Crippen LogP contribution in [0, 0.1) is 5.92 Å². The lowest BCUT2D eigenvalue weighted by molar-refractivity contribution is -0.124. The van der Waals surface area contributed by atoms with Crippen molar-refractivity contribution in [3.05, 3.63) is 23.5 Å². The molecular weight excluding hydrogens is 210 g/mol. The van der Waals surface area contributed by atoms with Gasteiger partial charge in [-0.3, -0.25) is 9.20 Å². The Kier molecular flexibility index (Phi) is 2.73. The fourth-order valence-electron chi connectivity index (χ4n) is 1.28. The minimum absolute atomic E-state index is 0.0295. The highest BCUT2D eigenvalue weighted by Gasteiger charge is 2.08. The molecule has 5 heteroatoms. The molecule has 0 saturated carbocycles. The molecule has 1 amide bonds. The third-order valence-corrected chi connectivity index (χ3v) is 3.09. The predicted molar refractivity (Wildman–Crippen MR) is 59.8 cm³/mol. The molecule has 1 N–H and O–H groups in total. The summed E-state index contributed by atoms with van der Waals surface area (Å²) in [6.07, 6.45) is 3.67. The van der Waals surface area contributed by atoms with E-state index in [0.29, 0.717) is 6.54 Å². The van der Waals surface area contributed by atoms with Gasteiger partial charge in [0.15, 0.2) is 4.96 Å². The quantitative estimate of drug-likeness (QED) is 0.860. The van der Waals surface area contributed by atoms with Crippen molar-refractivity contribution in [1.82, 2.24) is 14.7 Å². The van der Waals surface area contributed by atoms with Crippen LogP contribution in [-0.2, 0) is 11.3 Å². The van der Waals surface area contributed by atoms with Gasteiger partial charge in [0.05, 0.1) is 12.2 Å². The zero-order valence-electron chi connectivity index (χ0n) is 8.73. The third-order valence-electron chi connectivity index (χ3n) is 2.18. The number of hydrogen-bond acceptors (Lipinski definition) is 3. The number of nitrogens with zero attached hydrogens (tertiary/aromatic N) is 2. The Balaban J connectivity index is 2.07. The zero-order chi connectivity index (χ0) is 10.8. The lowest BCUT2D eigenvalue weighted by atomic mass is 10.2. The smallest absolute Gasteiger partial charge is 0.222 e. The molecule has 0 radical (unpaired) electrons. The Bertz CT molecular complexity index is 472. The van der Waals surface area contributed by atoms with Gasteiger partial charge in [0.2, 0.25) is 5.91 Å². The van der Waals surface area contributed by atoms with Crippen LogP contribution in [0.25, 0.3) is 4.96 Å². The summed E-state index contributed by atoms with van der Waals surface area (Å²) >= 11 is 1.58. The van der Waals surface area contributed by atoms with E-state index in [0.717, 1.165) is 10.7 Å². The number of amides is 1. The van der Waals surface area contributed by atoms with E-state index >= 15 is 0 Å². The monoisotopic (exact) mass is 223 g/mol. The summed E-state index contributed by atoms with van der Waals surface area (Å²) in [5.74, 6) is 0.108. The first-order valence-corrected chi connectivity index (χ1v) is 5.73. The maximum absolute atomic E-state index is 11.4.